The molecule has 1 fully saturated rings. The van der Waals surface area contributed by atoms with Gasteiger partial charge < -0.3 is 4.90 Å². The lowest BCUT2D eigenvalue weighted by Crippen LogP contribution is -2.38. The van der Waals surface area contributed by atoms with Crippen LogP contribution in [0.3, 0.4) is 0 Å². The number of rotatable bonds is 4. The fraction of sp³-hybridized carbons (Fsp3) is 0.333. The zero-order valence-corrected chi connectivity index (χ0v) is 20.1. The minimum atomic E-state index is -0.633. The summed E-state index contributed by atoms with van der Waals surface area (Å²) >= 11 is 0. The van der Waals surface area contributed by atoms with Crippen molar-refractivity contribution in [3.63, 3.8) is 0 Å². The average molecular weight is 471 g/mol. The van der Waals surface area contributed by atoms with Crippen LogP contribution in [0.25, 0.3) is 33.3 Å². The minimum Gasteiger partial charge on any atom is -0.342 e. The normalized spacial score (nSPS) is 14.4. The van der Waals surface area contributed by atoms with Gasteiger partial charge in [0.05, 0.1) is 22.3 Å². The molecule has 3 heterocycles. The van der Waals surface area contributed by atoms with Crippen LogP contribution in [0, 0.1) is 23.1 Å². The predicted molar refractivity (Wildman–Crippen MR) is 135 cm³/mol. The third kappa shape index (κ3) is 4.08. The molecule has 0 atom stereocenters. The van der Waals surface area contributed by atoms with E-state index in [1.165, 1.54) is 12.1 Å². The Morgan fingerprint density at radius 3 is 2.54 bits per heavy atom. The van der Waals surface area contributed by atoms with Crippen molar-refractivity contribution in [1.29, 1.82) is 5.26 Å². The summed E-state index contributed by atoms with van der Waals surface area (Å²) in [7, 11) is 3.59. The Hall–Kier alpha value is -3.99. The predicted octanol–water partition coefficient (Wildman–Crippen LogP) is 4.64. The van der Waals surface area contributed by atoms with Gasteiger partial charge in [-0.2, -0.15) is 10.4 Å². The van der Waals surface area contributed by atoms with Crippen molar-refractivity contribution in [3.8, 4) is 28.5 Å². The van der Waals surface area contributed by atoms with E-state index < -0.39 is 5.82 Å². The van der Waals surface area contributed by atoms with Crippen molar-refractivity contribution in [3.05, 3.63) is 64.3 Å². The third-order valence-electron chi connectivity index (χ3n) is 7.01. The Balaban J connectivity index is 1.72. The van der Waals surface area contributed by atoms with Crippen molar-refractivity contribution in [1.82, 2.24) is 19.3 Å². The number of nitriles is 1. The van der Waals surface area contributed by atoms with E-state index in [0.29, 0.717) is 34.3 Å². The van der Waals surface area contributed by atoms with E-state index in [1.54, 1.807) is 22.4 Å². The molecular formula is C27H27FN6O. The van der Waals surface area contributed by atoms with Gasteiger partial charge in [0, 0.05) is 44.3 Å². The van der Waals surface area contributed by atoms with Gasteiger partial charge in [-0.3, -0.25) is 14.0 Å². The number of hydrogen-bond donors (Lipinski definition) is 0. The van der Waals surface area contributed by atoms with Crippen LogP contribution < -0.4 is 10.5 Å². The van der Waals surface area contributed by atoms with E-state index in [4.69, 9.17) is 4.98 Å². The quantitative estimate of drug-likeness (QED) is 0.434. The summed E-state index contributed by atoms with van der Waals surface area (Å²) in [6, 6.07) is 11.9. The minimum absolute atomic E-state index is 0.0437. The summed E-state index contributed by atoms with van der Waals surface area (Å²) in [5.41, 5.74) is 2.54. The van der Waals surface area contributed by atoms with Crippen LogP contribution in [0.5, 0.6) is 0 Å². The first-order valence-electron chi connectivity index (χ1n) is 11.9. The Bertz CT molecular complexity index is 1520. The molecule has 4 aromatic rings. The molecule has 0 saturated carbocycles. The Labute approximate surface area is 203 Å². The largest absolute Gasteiger partial charge is 0.342 e. The van der Waals surface area contributed by atoms with Gasteiger partial charge in [0.15, 0.2) is 0 Å². The zero-order valence-electron chi connectivity index (χ0n) is 20.1. The Kier molecular flexibility index (Phi) is 5.85. The van der Waals surface area contributed by atoms with Crippen molar-refractivity contribution in [2.75, 3.05) is 18.0 Å². The lowest BCUT2D eigenvalue weighted by atomic mass is 9.94. The van der Waals surface area contributed by atoms with Gasteiger partial charge in [-0.15, -0.1) is 0 Å². The second-order valence-electron chi connectivity index (χ2n) is 9.22. The number of fused-ring (bicyclic) bond motifs is 1. The standard InChI is InChI=1S/C27H27FN6O/c1-4-17-9-11-34(12-10-17)27-30-25(19-5-6-20(15-29)22(28)14-19)24(26(35)33(27)3)18-7-8-23-21(13-18)16-32(2)31-23/h5-8,13-14,16-17H,4,9-12H2,1-3H3. The second-order valence-corrected chi connectivity index (χ2v) is 9.22. The molecular weight excluding hydrogens is 443 g/mol. The first-order chi connectivity index (χ1) is 16.9. The van der Waals surface area contributed by atoms with Gasteiger partial charge in [-0.25, -0.2) is 9.37 Å². The van der Waals surface area contributed by atoms with Gasteiger partial charge in [0.1, 0.15) is 11.9 Å². The lowest BCUT2D eigenvalue weighted by Gasteiger charge is -2.33. The first-order valence-corrected chi connectivity index (χ1v) is 11.9. The molecule has 178 valence electrons. The Morgan fingerprint density at radius 2 is 1.86 bits per heavy atom. The van der Waals surface area contributed by atoms with Crippen LogP contribution in [0.1, 0.15) is 31.7 Å². The molecule has 0 N–H and O–H groups in total. The molecule has 0 bridgehead atoms. The molecule has 5 rings (SSSR count). The Morgan fingerprint density at radius 1 is 1.11 bits per heavy atom. The van der Waals surface area contributed by atoms with E-state index in [9.17, 15) is 14.4 Å². The van der Waals surface area contributed by atoms with Gasteiger partial charge in [0.2, 0.25) is 5.95 Å². The highest BCUT2D eigenvalue weighted by Gasteiger charge is 2.25. The molecule has 1 aliphatic heterocycles. The number of aromatic nitrogens is 4. The highest BCUT2D eigenvalue weighted by atomic mass is 19.1. The maximum absolute atomic E-state index is 14.6. The van der Waals surface area contributed by atoms with E-state index >= 15 is 0 Å². The molecule has 1 saturated heterocycles. The molecule has 1 aliphatic rings. The van der Waals surface area contributed by atoms with Crippen molar-refractivity contribution in [2.45, 2.75) is 26.2 Å². The van der Waals surface area contributed by atoms with E-state index in [2.05, 4.69) is 16.9 Å². The number of piperidine rings is 1. The summed E-state index contributed by atoms with van der Waals surface area (Å²) in [6.45, 7) is 3.85. The van der Waals surface area contributed by atoms with Gasteiger partial charge in [0.25, 0.3) is 5.56 Å². The molecule has 8 heteroatoms. The van der Waals surface area contributed by atoms with Crippen LogP contribution in [0.15, 0.2) is 47.4 Å². The maximum atomic E-state index is 14.6. The molecule has 0 spiro atoms. The summed E-state index contributed by atoms with van der Waals surface area (Å²) in [6.07, 6.45) is 5.13. The van der Waals surface area contributed by atoms with Crippen LogP contribution >= 0.6 is 0 Å². The van der Waals surface area contributed by atoms with Crippen LogP contribution in [-0.4, -0.2) is 32.4 Å². The molecule has 2 aromatic carbocycles. The van der Waals surface area contributed by atoms with E-state index in [1.807, 2.05) is 37.5 Å². The summed E-state index contributed by atoms with van der Waals surface area (Å²) in [5.74, 6) is 0.628. The summed E-state index contributed by atoms with van der Waals surface area (Å²) in [4.78, 5) is 20.9. The van der Waals surface area contributed by atoms with Crippen LogP contribution in [0.2, 0.25) is 0 Å². The summed E-state index contributed by atoms with van der Waals surface area (Å²) in [5, 5.41) is 14.5. The molecule has 0 unspecified atom stereocenters. The van der Waals surface area contributed by atoms with Crippen LogP contribution in [-0.2, 0) is 14.1 Å². The van der Waals surface area contributed by atoms with Crippen molar-refractivity contribution < 1.29 is 4.39 Å². The summed E-state index contributed by atoms with van der Waals surface area (Å²) < 4.78 is 18.0. The number of aryl methyl sites for hydroxylation is 1. The maximum Gasteiger partial charge on any atom is 0.263 e. The molecule has 7 nitrogen and oxygen atoms in total. The highest BCUT2D eigenvalue weighted by molar-refractivity contribution is 5.88. The van der Waals surface area contributed by atoms with Crippen molar-refractivity contribution >= 4 is 16.9 Å². The smallest absolute Gasteiger partial charge is 0.263 e. The van der Waals surface area contributed by atoms with Crippen molar-refractivity contribution in [2.24, 2.45) is 20.0 Å². The number of hydrogen-bond acceptors (Lipinski definition) is 5. The number of halogens is 1. The van der Waals surface area contributed by atoms with Crippen LogP contribution in [0.4, 0.5) is 10.3 Å². The van der Waals surface area contributed by atoms with Gasteiger partial charge >= 0.3 is 0 Å². The fourth-order valence-electron chi connectivity index (χ4n) is 4.94. The number of benzene rings is 2. The molecule has 2 aromatic heterocycles. The lowest BCUT2D eigenvalue weighted by molar-refractivity contribution is 0.390. The first kappa shape index (κ1) is 22.8. The topological polar surface area (TPSA) is 79.7 Å². The van der Waals surface area contributed by atoms with E-state index in [-0.39, 0.29) is 11.1 Å². The molecule has 0 aliphatic carbocycles. The fourth-order valence-corrected chi connectivity index (χ4v) is 4.94. The number of anilines is 1. The molecule has 0 amide bonds. The number of nitrogens with zero attached hydrogens (tertiary/aromatic N) is 6. The SMILES string of the molecule is CCC1CCN(c2nc(-c3ccc(C#N)c(F)c3)c(-c3ccc4nn(C)cc4c3)c(=O)n2C)CC1. The molecule has 35 heavy (non-hydrogen) atoms. The van der Waals surface area contributed by atoms with Gasteiger partial charge in [-0.1, -0.05) is 25.5 Å². The average Bonchev–Trinajstić information content (AvgIpc) is 3.24. The molecule has 0 radical (unpaired) electrons. The zero-order chi connectivity index (χ0) is 24.7. The second kappa shape index (κ2) is 8.99. The van der Waals surface area contributed by atoms with Gasteiger partial charge in [-0.05, 0) is 48.6 Å². The highest BCUT2D eigenvalue weighted by Crippen LogP contribution is 2.33. The van der Waals surface area contributed by atoms with E-state index in [0.717, 1.165) is 43.3 Å². The monoisotopic (exact) mass is 470 g/mol. The third-order valence-corrected chi connectivity index (χ3v) is 7.01.